The average molecular weight is 409 g/mol. The van der Waals surface area contributed by atoms with Gasteiger partial charge < -0.3 is 4.90 Å². The van der Waals surface area contributed by atoms with Gasteiger partial charge in [0.25, 0.3) is 0 Å². The molecular formula is C13H21ClF2NO5S2+. The standard InChI is InChI=1S/C7H5ClF2O5S2.C6H15N/c8-5-1-3-6(4-2-5)16(11,12)15-17(13,14)7(9)10;1-4-7(5-2)6-3/h1-4,7H;4-6H2,1-3H3/p+1. The van der Waals surface area contributed by atoms with Gasteiger partial charge in [-0.05, 0) is 45.0 Å². The predicted molar refractivity (Wildman–Crippen MR) is 87.2 cm³/mol. The Kier molecular flexibility index (Phi) is 9.90. The van der Waals surface area contributed by atoms with Crippen molar-refractivity contribution in [1.29, 1.82) is 0 Å². The Morgan fingerprint density at radius 3 is 1.71 bits per heavy atom. The molecule has 0 fully saturated rings. The lowest BCUT2D eigenvalue weighted by molar-refractivity contribution is -0.894. The number of alkyl halides is 2. The fourth-order valence-electron chi connectivity index (χ4n) is 1.55. The normalized spacial score (nSPS) is 12.2. The van der Waals surface area contributed by atoms with Crippen LogP contribution in [0.2, 0.25) is 5.02 Å². The molecule has 0 atom stereocenters. The van der Waals surface area contributed by atoms with Crippen LogP contribution in [-0.2, 0) is 23.9 Å². The molecule has 0 aliphatic rings. The van der Waals surface area contributed by atoms with Crippen molar-refractivity contribution in [3.63, 3.8) is 0 Å². The summed E-state index contributed by atoms with van der Waals surface area (Å²) in [5, 5.41) is 0.195. The molecule has 0 aliphatic heterocycles. The summed E-state index contributed by atoms with van der Waals surface area (Å²) in [4.78, 5) is 1.09. The summed E-state index contributed by atoms with van der Waals surface area (Å²) in [5.41, 5.74) is 0. The molecule has 1 N–H and O–H groups in total. The molecule has 0 saturated carbocycles. The fraction of sp³-hybridized carbons (Fsp3) is 0.538. The third kappa shape index (κ3) is 7.84. The number of benzene rings is 1. The minimum Gasteiger partial charge on any atom is -0.336 e. The molecule has 0 aromatic heterocycles. The van der Waals surface area contributed by atoms with Crippen molar-refractivity contribution in [1.82, 2.24) is 0 Å². The molecule has 1 aromatic carbocycles. The third-order valence-corrected chi connectivity index (χ3v) is 6.02. The summed E-state index contributed by atoms with van der Waals surface area (Å²) in [6.45, 7) is 10.5. The maximum absolute atomic E-state index is 11.9. The van der Waals surface area contributed by atoms with Crippen LogP contribution in [0.4, 0.5) is 8.78 Å². The van der Waals surface area contributed by atoms with E-state index in [0.29, 0.717) is 0 Å². The van der Waals surface area contributed by atoms with E-state index in [-0.39, 0.29) is 5.02 Å². The highest BCUT2D eigenvalue weighted by molar-refractivity contribution is 8.00. The second-order valence-electron chi connectivity index (χ2n) is 4.54. The molecular weight excluding hydrogens is 388 g/mol. The molecule has 0 aliphatic carbocycles. The van der Waals surface area contributed by atoms with E-state index in [1.807, 2.05) is 0 Å². The Morgan fingerprint density at radius 2 is 1.42 bits per heavy atom. The zero-order valence-electron chi connectivity index (χ0n) is 13.5. The van der Waals surface area contributed by atoms with Crippen molar-refractivity contribution in [3.8, 4) is 0 Å². The van der Waals surface area contributed by atoms with Crippen molar-refractivity contribution >= 4 is 31.8 Å². The van der Waals surface area contributed by atoms with E-state index >= 15 is 0 Å². The maximum atomic E-state index is 11.9. The largest absolute Gasteiger partial charge is 0.362 e. The molecule has 140 valence electrons. The number of nitrogens with one attached hydrogen (secondary N) is 1. The first kappa shape index (κ1) is 23.2. The molecule has 0 heterocycles. The third-order valence-electron chi connectivity index (χ3n) is 3.00. The van der Waals surface area contributed by atoms with Gasteiger partial charge in [-0.15, -0.1) is 3.63 Å². The number of halogens is 3. The van der Waals surface area contributed by atoms with Crippen LogP contribution < -0.4 is 4.90 Å². The second-order valence-corrected chi connectivity index (χ2v) is 8.24. The highest BCUT2D eigenvalue weighted by atomic mass is 35.5. The van der Waals surface area contributed by atoms with Crippen LogP contribution >= 0.6 is 11.6 Å². The van der Waals surface area contributed by atoms with Crippen molar-refractivity contribution < 1.29 is 34.1 Å². The Hall–Kier alpha value is -0.810. The lowest BCUT2D eigenvalue weighted by Crippen LogP contribution is -3.11. The van der Waals surface area contributed by atoms with Crippen LogP contribution in [0, 0.1) is 0 Å². The van der Waals surface area contributed by atoms with Gasteiger partial charge in [-0.3, -0.25) is 0 Å². The lowest BCUT2D eigenvalue weighted by atomic mass is 10.4. The first-order chi connectivity index (χ1) is 11.0. The van der Waals surface area contributed by atoms with Crippen molar-refractivity contribution in [2.45, 2.75) is 31.4 Å². The van der Waals surface area contributed by atoms with E-state index in [0.717, 1.165) is 24.3 Å². The van der Waals surface area contributed by atoms with E-state index in [4.69, 9.17) is 11.6 Å². The summed E-state index contributed by atoms with van der Waals surface area (Å²) in [6.07, 6.45) is 0. The van der Waals surface area contributed by atoms with Crippen LogP contribution in [0.25, 0.3) is 0 Å². The molecule has 0 spiro atoms. The summed E-state index contributed by atoms with van der Waals surface area (Å²) in [6, 6.07) is 4.15. The Labute approximate surface area is 146 Å². The van der Waals surface area contributed by atoms with Gasteiger partial charge in [0.2, 0.25) is 0 Å². The van der Waals surface area contributed by atoms with Crippen molar-refractivity contribution in [2.24, 2.45) is 0 Å². The van der Waals surface area contributed by atoms with Gasteiger partial charge in [-0.25, -0.2) is 0 Å². The Bertz CT molecular complexity index is 684. The number of quaternary nitrogens is 1. The molecule has 0 bridgehead atoms. The molecule has 0 unspecified atom stereocenters. The van der Waals surface area contributed by atoms with Gasteiger partial charge in [-0.2, -0.15) is 25.6 Å². The predicted octanol–water partition coefficient (Wildman–Crippen LogP) is 1.53. The SMILES string of the molecule is CC[NH+](CC)CC.O=S(=O)(OS(=O)(=O)C(F)F)c1ccc(Cl)cc1. The van der Waals surface area contributed by atoms with E-state index in [9.17, 15) is 25.6 Å². The summed E-state index contributed by atoms with van der Waals surface area (Å²) in [7, 11) is -10.3. The van der Waals surface area contributed by atoms with Gasteiger partial charge >= 0.3 is 26.0 Å². The Morgan fingerprint density at radius 1 is 1.00 bits per heavy atom. The summed E-state index contributed by atoms with van der Waals surface area (Å²) >= 11 is 5.47. The first-order valence-corrected chi connectivity index (χ1v) is 10.3. The van der Waals surface area contributed by atoms with Gasteiger partial charge in [0, 0.05) is 5.02 Å². The van der Waals surface area contributed by atoms with Crippen LogP contribution in [0.3, 0.4) is 0 Å². The smallest absolute Gasteiger partial charge is 0.336 e. The second kappa shape index (κ2) is 10.2. The monoisotopic (exact) mass is 408 g/mol. The molecule has 0 amide bonds. The quantitative estimate of drug-likeness (QED) is 0.739. The van der Waals surface area contributed by atoms with E-state index in [1.165, 1.54) is 19.6 Å². The molecule has 0 saturated heterocycles. The number of hydrogen-bond donors (Lipinski definition) is 1. The zero-order valence-corrected chi connectivity index (χ0v) is 15.9. The van der Waals surface area contributed by atoms with Crippen LogP contribution in [0.1, 0.15) is 20.8 Å². The molecule has 0 radical (unpaired) electrons. The molecule has 1 aromatic rings. The number of rotatable bonds is 7. The zero-order chi connectivity index (χ0) is 19.0. The Balaban J connectivity index is 0.000000640. The lowest BCUT2D eigenvalue weighted by Gasteiger charge is -2.10. The molecule has 1 rings (SSSR count). The van der Waals surface area contributed by atoms with Gasteiger partial charge in [0.1, 0.15) is 0 Å². The van der Waals surface area contributed by atoms with Gasteiger partial charge in [0.05, 0.1) is 24.5 Å². The minimum atomic E-state index is -5.47. The first-order valence-electron chi connectivity index (χ1n) is 7.07. The fourth-order valence-corrected chi connectivity index (χ4v) is 3.69. The highest BCUT2D eigenvalue weighted by Gasteiger charge is 2.32. The molecule has 6 nitrogen and oxygen atoms in total. The summed E-state index contributed by atoms with van der Waals surface area (Å²) in [5.74, 6) is -3.94. The average Bonchev–Trinajstić information content (AvgIpc) is 2.49. The van der Waals surface area contributed by atoms with E-state index < -0.39 is 30.9 Å². The number of hydrogen-bond acceptors (Lipinski definition) is 5. The molecule has 24 heavy (non-hydrogen) atoms. The van der Waals surface area contributed by atoms with E-state index in [1.54, 1.807) is 4.90 Å². The van der Waals surface area contributed by atoms with Gasteiger partial charge in [-0.1, -0.05) is 11.6 Å². The van der Waals surface area contributed by atoms with Crippen molar-refractivity contribution in [2.75, 3.05) is 19.6 Å². The maximum Gasteiger partial charge on any atom is 0.362 e. The van der Waals surface area contributed by atoms with Gasteiger partial charge in [0.15, 0.2) is 0 Å². The topological polar surface area (TPSA) is 81.9 Å². The van der Waals surface area contributed by atoms with Crippen molar-refractivity contribution in [3.05, 3.63) is 29.3 Å². The highest BCUT2D eigenvalue weighted by Crippen LogP contribution is 2.20. The molecule has 11 heteroatoms. The minimum absolute atomic E-state index is 0.195. The van der Waals surface area contributed by atoms with E-state index in [2.05, 4.69) is 24.4 Å². The summed E-state index contributed by atoms with van der Waals surface area (Å²) < 4.78 is 71.1. The van der Waals surface area contributed by atoms with Crippen LogP contribution in [0.15, 0.2) is 29.2 Å². The van der Waals surface area contributed by atoms with Crippen LogP contribution in [0.5, 0.6) is 0 Å². The van der Waals surface area contributed by atoms with Crippen LogP contribution in [-0.4, -0.2) is 42.2 Å².